The summed E-state index contributed by atoms with van der Waals surface area (Å²) in [5.41, 5.74) is 2.67. The van der Waals surface area contributed by atoms with Crippen molar-refractivity contribution in [1.29, 1.82) is 0 Å². The summed E-state index contributed by atoms with van der Waals surface area (Å²) < 4.78 is 40.2. The first-order chi connectivity index (χ1) is 13.2. The molecule has 0 heterocycles. The van der Waals surface area contributed by atoms with Crippen LogP contribution in [0.2, 0.25) is 0 Å². The summed E-state index contributed by atoms with van der Waals surface area (Å²) in [6, 6.07) is 11.2. The smallest absolute Gasteiger partial charge is 0.315 e. The number of carbonyl (C=O) groups is 1. The van der Waals surface area contributed by atoms with Crippen LogP contribution in [-0.2, 0) is 28.9 Å². The van der Waals surface area contributed by atoms with Crippen LogP contribution in [0.25, 0.3) is 0 Å². The summed E-state index contributed by atoms with van der Waals surface area (Å²) in [5, 5.41) is 5.43. The second-order valence-corrected chi connectivity index (χ2v) is 8.67. The molecule has 0 fully saturated rings. The molecule has 2 amide bonds. The first-order valence-corrected chi connectivity index (χ1v) is 10.6. The molecular weight excluding hydrogens is 381 g/mol. The van der Waals surface area contributed by atoms with E-state index in [1.54, 1.807) is 57.2 Å². The van der Waals surface area contributed by atoms with Gasteiger partial charge in [-0.1, -0.05) is 36.4 Å². The molecule has 0 atom stereocenters. The van der Waals surface area contributed by atoms with Gasteiger partial charge in [0, 0.05) is 19.1 Å². The summed E-state index contributed by atoms with van der Waals surface area (Å²) in [7, 11) is -3.46. The molecule has 152 valence electrons. The average molecular weight is 408 g/mol. The van der Waals surface area contributed by atoms with Crippen LogP contribution < -0.4 is 15.4 Å². The maximum atomic E-state index is 13.3. The lowest BCUT2D eigenvalue weighted by atomic mass is 10.1. The van der Waals surface area contributed by atoms with Crippen molar-refractivity contribution in [2.24, 2.45) is 0 Å². The second-order valence-electron chi connectivity index (χ2n) is 6.92. The van der Waals surface area contributed by atoms with Gasteiger partial charge in [0.15, 0.2) is 0 Å². The number of benzene rings is 2. The van der Waals surface area contributed by atoms with E-state index in [1.807, 2.05) is 0 Å². The van der Waals surface area contributed by atoms with Crippen molar-refractivity contribution in [3.05, 3.63) is 70.5 Å². The van der Waals surface area contributed by atoms with Crippen molar-refractivity contribution in [3.63, 3.8) is 0 Å². The van der Waals surface area contributed by atoms with Gasteiger partial charge in [-0.05, 0) is 49.1 Å². The maximum Gasteiger partial charge on any atom is 0.315 e. The van der Waals surface area contributed by atoms with Crippen molar-refractivity contribution >= 4 is 16.1 Å². The van der Waals surface area contributed by atoms with Crippen molar-refractivity contribution in [2.45, 2.75) is 45.7 Å². The molecule has 2 rings (SSSR count). The fourth-order valence-corrected chi connectivity index (χ4v) is 4.21. The third-order valence-electron chi connectivity index (χ3n) is 3.99. The number of sulfonamides is 1. The highest BCUT2D eigenvalue weighted by Gasteiger charge is 2.15. The van der Waals surface area contributed by atoms with Crippen molar-refractivity contribution in [3.8, 4) is 0 Å². The Kier molecular flexibility index (Phi) is 7.53. The van der Waals surface area contributed by atoms with E-state index in [4.69, 9.17) is 0 Å². The van der Waals surface area contributed by atoms with Gasteiger partial charge in [0.05, 0.1) is 5.75 Å². The first kappa shape index (κ1) is 21.8. The molecule has 8 heteroatoms. The fraction of sp³-hybridized carbons (Fsp3) is 0.350. The highest BCUT2D eigenvalue weighted by atomic mass is 32.2. The quantitative estimate of drug-likeness (QED) is 0.629. The number of hydrogen-bond donors (Lipinski definition) is 3. The molecule has 0 aliphatic heterocycles. The molecule has 6 nitrogen and oxygen atoms in total. The molecule has 3 N–H and O–H groups in total. The molecule has 0 radical (unpaired) electrons. The van der Waals surface area contributed by atoms with Gasteiger partial charge in [0.25, 0.3) is 0 Å². The number of aryl methyl sites for hydroxylation is 1. The van der Waals surface area contributed by atoms with E-state index in [0.29, 0.717) is 11.1 Å². The molecule has 2 aromatic carbocycles. The Bertz CT molecular complexity index is 930. The Morgan fingerprint density at radius 2 is 1.68 bits per heavy atom. The highest BCUT2D eigenvalue weighted by molar-refractivity contribution is 7.88. The first-order valence-electron chi connectivity index (χ1n) is 9.00. The molecule has 2 aromatic rings. The molecule has 0 aromatic heterocycles. The molecule has 0 aliphatic carbocycles. The molecular formula is C20H26FN3O3S. The van der Waals surface area contributed by atoms with Gasteiger partial charge in [-0.3, -0.25) is 0 Å². The van der Waals surface area contributed by atoms with E-state index in [0.717, 1.165) is 11.1 Å². The maximum absolute atomic E-state index is 13.3. The van der Waals surface area contributed by atoms with Crippen LogP contribution in [0.1, 0.15) is 36.1 Å². The van der Waals surface area contributed by atoms with Gasteiger partial charge in [-0.2, -0.15) is 0 Å². The van der Waals surface area contributed by atoms with E-state index in [2.05, 4.69) is 15.4 Å². The largest absolute Gasteiger partial charge is 0.334 e. The summed E-state index contributed by atoms with van der Waals surface area (Å²) >= 11 is 0. The second kappa shape index (κ2) is 9.66. The summed E-state index contributed by atoms with van der Waals surface area (Å²) in [4.78, 5) is 12.1. The predicted molar refractivity (Wildman–Crippen MR) is 108 cm³/mol. The molecule has 0 saturated heterocycles. The lowest BCUT2D eigenvalue weighted by Crippen LogP contribution is -2.35. The van der Waals surface area contributed by atoms with Crippen LogP contribution in [0.5, 0.6) is 0 Å². The van der Waals surface area contributed by atoms with Gasteiger partial charge in [0.2, 0.25) is 10.0 Å². The number of amides is 2. The number of halogens is 1. The molecule has 0 unspecified atom stereocenters. The number of hydrogen-bond acceptors (Lipinski definition) is 3. The molecule has 28 heavy (non-hydrogen) atoms. The minimum Gasteiger partial charge on any atom is -0.334 e. The third-order valence-corrected chi connectivity index (χ3v) is 5.52. The average Bonchev–Trinajstić information content (AvgIpc) is 2.60. The summed E-state index contributed by atoms with van der Waals surface area (Å²) in [6.45, 7) is 5.65. The molecule has 0 spiro atoms. The topological polar surface area (TPSA) is 87.3 Å². The van der Waals surface area contributed by atoms with Crippen molar-refractivity contribution < 1.29 is 17.6 Å². The number of urea groups is 1. The summed E-state index contributed by atoms with van der Waals surface area (Å²) in [5.74, 6) is -0.439. The zero-order valence-electron chi connectivity index (χ0n) is 16.3. The van der Waals surface area contributed by atoms with Crippen LogP contribution in [0.4, 0.5) is 9.18 Å². The van der Waals surface area contributed by atoms with E-state index >= 15 is 0 Å². The number of carbonyl (C=O) groups excluding carboxylic acids is 1. The van der Waals surface area contributed by atoms with Crippen LogP contribution in [0.3, 0.4) is 0 Å². The molecule has 0 bridgehead atoms. The van der Waals surface area contributed by atoms with Gasteiger partial charge >= 0.3 is 6.03 Å². The fourth-order valence-electron chi connectivity index (χ4n) is 2.71. The standard InChI is InChI=1S/C20H26FN3O3S/c1-14(2)24-28(26,27)13-18-7-5-4-6-17(18)12-23-20(25)22-11-16-8-9-19(21)15(3)10-16/h4-10,14,24H,11-13H2,1-3H3,(H2,22,23,25). The minimum absolute atomic E-state index is 0.153. The molecule has 0 aliphatic rings. The zero-order valence-corrected chi connectivity index (χ0v) is 17.1. The molecule has 0 saturated carbocycles. The van der Waals surface area contributed by atoms with Gasteiger partial charge in [-0.15, -0.1) is 0 Å². The lowest BCUT2D eigenvalue weighted by molar-refractivity contribution is 0.240. The Morgan fingerprint density at radius 1 is 1.04 bits per heavy atom. The zero-order chi connectivity index (χ0) is 20.7. The van der Waals surface area contributed by atoms with Crippen molar-refractivity contribution in [1.82, 2.24) is 15.4 Å². The van der Waals surface area contributed by atoms with E-state index in [-0.39, 0.29) is 36.7 Å². The summed E-state index contributed by atoms with van der Waals surface area (Å²) in [6.07, 6.45) is 0. The van der Waals surface area contributed by atoms with E-state index in [9.17, 15) is 17.6 Å². The van der Waals surface area contributed by atoms with Crippen LogP contribution >= 0.6 is 0 Å². The number of nitrogens with one attached hydrogen (secondary N) is 3. The van der Waals surface area contributed by atoms with Gasteiger partial charge in [-0.25, -0.2) is 22.3 Å². The SMILES string of the molecule is Cc1cc(CNC(=O)NCc2ccccc2CS(=O)(=O)NC(C)C)ccc1F. The Morgan fingerprint density at radius 3 is 2.32 bits per heavy atom. The van der Waals surface area contributed by atoms with Crippen LogP contribution in [0.15, 0.2) is 42.5 Å². The Balaban J connectivity index is 1.93. The Labute approximate surface area is 165 Å². The van der Waals surface area contributed by atoms with Crippen LogP contribution in [-0.4, -0.2) is 20.5 Å². The highest BCUT2D eigenvalue weighted by Crippen LogP contribution is 2.13. The van der Waals surface area contributed by atoms with E-state index in [1.165, 1.54) is 6.07 Å². The monoisotopic (exact) mass is 407 g/mol. The van der Waals surface area contributed by atoms with E-state index < -0.39 is 10.0 Å². The van der Waals surface area contributed by atoms with Crippen molar-refractivity contribution in [2.75, 3.05) is 0 Å². The van der Waals surface area contributed by atoms with Crippen LogP contribution in [0, 0.1) is 12.7 Å². The predicted octanol–water partition coefficient (Wildman–Crippen LogP) is 2.96. The minimum atomic E-state index is -3.46. The van der Waals surface area contributed by atoms with Gasteiger partial charge < -0.3 is 10.6 Å². The normalized spacial score (nSPS) is 11.5. The lowest BCUT2D eigenvalue weighted by Gasteiger charge is -2.14. The third kappa shape index (κ3) is 6.94. The number of rotatable bonds is 8. The van der Waals surface area contributed by atoms with Gasteiger partial charge in [0.1, 0.15) is 5.82 Å². The Hall–Kier alpha value is -2.45.